The van der Waals surface area contributed by atoms with E-state index in [1.807, 2.05) is 6.92 Å². The lowest BCUT2D eigenvalue weighted by atomic mass is 10.3. The molecule has 0 saturated heterocycles. The summed E-state index contributed by atoms with van der Waals surface area (Å²) in [4.78, 5) is 14.0. The number of esters is 1. The summed E-state index contributed by atoms with van der Waals surface area (Å²) >= 11 is 0. The highest BCUT2D eigenvalue weighted by atomic mass is 16.5. The van der Waals surface area contributed by atoms with Gasteiger partial charge in [-0.1, -0.05) is 25.7 Å². The van der Waals surface area contributed by atoms with Crippen molar-refractivity contribution in [2.45, 2.75) is 40.3 Å². The van der Waals surface area contributed by atoms with Crippen LogP contribution < -0.4 is 0 Å². The summed E-state index contributed by atoms with van der Waals surface area (Å²) in [6.45, 7) is 11.3. The van der Waals surface area contributed by atoms with Crippen LogP contribution in [-0.2, 0) is 11.3 Å². The van der Waals surface area contributed by atoms with E-state index in [4.69, 9.17) is 4.74 Å². The lowest BCUT2D eigenvalue weighted by Gasteiger charge is -2.13. The van der Waals surface area contributed by atoms with Crippen LogP contribution in [0.3, 0.4) is 0 Å². The van der Waals surface area contributed by atoms with Crippen molar-refractivity contribution in [3.05, 3.63) is 18.0 Å². The number of rotatable bonds is 6. The van der Waals surface area contributed by atoms with Crippen LogP contribution in [0.15, 0.2) is 12.4 Å². The number of carbonyl (C=O) groups is 1. The van der Waals surface area contributed by atoms with Crippen molar-refractivity contribution in [1.29, 1.82) is 0 Å². The van der Waals surface area contributed by atoms with Gasteiger partial charge in [0.05, 0.1) is 18.3 Å². The monoisotopic (exact) mass is 277 g/mol. The van der Waals surface area contributed by atoms with Gasteiger partial charge in [-0.2, -0.15) is 5.10 Å². The molecule has 5 heteroatoms. The molecule has 0 unspecified atom stereocenters. The van der Waals surface area contributed by atoms with Gasteiger partial charge in [-0.15, -0.1) is 0 Å². The standard InChI is InChI=1S/C15H23N3O2/c1-5-17(6-2)10-8-9-13(4)20-15(19)14-11-16-18(7-3)12-14/h11-13H,5-7,10H2,1-4H3/t13-/m0/s1. The molecule has 0 fully saturated rings. The molecule has 1 heterocycles. The van der Waals surface area contributed by atoms with Crippen molar-refractivity contribution >= 4 is 5.97 Å². The Hall–Kier alpha value is -1.80. The molecular formula is C15H23N3O2. The van der Waals surface area contributed by atoms with Crippen LogP contribution in [0.2, 0.25) is 0 Å². The molecule has 0 spiro atoms. The summed E-state index contributed by atoms with van der Waals surface area (Å²) in [6.07, 6.45) is 2.78. The molecule has 1 aromatic heterocycles. The highest BCUT2D eigenvalue weighted by molar-refractivity contribution is 5.89. The SMILES string of the molecule is CCN(CC)CC#C[C@H](C)OC(=O)c1cnn(CC)c1. The lowest BCUT2D eigenvalue weighted by molar-refractivity contribution is 0.0438. The van der Waals surface area contributed by atoms with Gasteiger partial charge in [0.15, 0.2) is 6.10 Å². The van der Waals surface area contributed by atoms with Crippen LogP contribution in [0.25, 0.3) is 0 Å². The first-order chi connectivity index (χ1) is 9.60. The van der Waals surface area contributed by atoms with Gasteiger partial charge < -0.3 is 4.74 Å². The molecule has 0 radical (unpaired) electrons. The van der Waals surface area contributed by atoms with E-state index in [-0.39, 0.29) is 5.97 Å². The number of aryl methyl sites for hydroxylation is 1. The lowest BCUT2D eigenvalue weighted by Crippen LogP contribution is -2.23. The molecule has 0 aliphatic heterocycles. The summed E-state index contributed by atoms with van der Waals surface area (Å²) in [5.41, 5.74) is 0.462. The predicted molar refractivity (Wildman–Crippen MR) is 78.3 cm³/mol. The Labute approximate surface area is 120 Å². The van der Waals surface area contributed by atoms with Crippen molar-refractivity contribution in [2.75, 3.05) is 19.6 Å². The van der Waals surface area contributed by atoms with E-state index in [0.29, 0.717) is 12.1 Å². The first-order valence-electron chi connectivity index (χ1n) is 7.04. The Balaban J connectivity index is 2.47. The minimum Gasteiger partial charge on any atom is -0.446 e. The zero-order valence-corrected chi connectivity index (χ0v) is 12.7. The molecule has 0 saturated carbocycles. The summed E-state index contributed by atoms with van der Waals surface area (Å²) in [6, 6.07) is 0. The van der Waals surface area contributed by atoms with Crippen LogP contribution >= 0.6 is 0 Å². The number of ether oxygens (including phenoxy) is 1. The van der Waals surface area contributed by atoms with Crippen LogP contribution in [-0.4, -0.2) is 46.4 Å². The number of hydrogen-bond donors (Lipinski definition) is 0. The van der Waals surface area contributed by atoms with Gasteiger partial charge in [-0.05, 0) is 26.9 Å². The second-order valence-corrected chi connectivity index (χ2v) is 4.41. The van der Waals surface area contributed by atoms with Gasteiger partial charge in [0.1, 0.15) is 0 Å². The smallest absolute Gasteiger partial charge is 0.342 e. The van der Waals surface area contributed by atoms with Gasteiger partial charge in [-0.3, -0.25) is 9.58 Å². The van der Waals surface area contributed by atoms with Crippen molar-refractivity contribution in [3.63, 3.8) is 0 Å². The largest absolute Gasteiger partial charge is 0.446 e. The third-order valence-electron chi connectivity index (χ3n) is 2.98. The minimum atomic E-state index is -0.414. The van der Waals surface area contributed by atoms with E-state index < -0.39 is 6.10 Å². The fourth-order valence-electron chi connectivity index (χ4n) is 1.65. The maximum absolute atomic E-state index is 11.8. The number of nitrogens with zero attached hydrogens (tertiary/aromatic N) is 3. The predicted octanol–water partition coefficient (Wildman–Crippen LogP) is 1.79. The first kappa shape index (κ1) is 16.3. The van der Waals surface area contributed by atoms with E-state index in [1.165, 1.54) is 6.20 Å². The molecule has 0 aliphatic carbocycles. The molecule has 0 aromatic carbocycles. The van der Waals surface area contributed by atoms with Gasteiger partial charge in [0, 0.05) is 12.7 Å². The van der Waals surface area contributed by atoms with E-state index >= 15 is 0 Å². The highest BCUT2D eigenvalue weighted by Crippen LogP contribution is 2.03. The van der Waals surface area contributed by atoms with Crippen LogP contribution in [0.4, 0.5) is 0 Å². The van der Waals surface area contributed by atoms with Crippen LogP contribution in [0, 0.1) is 11.8 Å². The molecule has 0 aliphatic rings. The van der Waals surface area contributed by atoms with Gasteiger partial charge in [0.25, 0.3) is 0 Å². The molecule has 0 bridgehead atoms. The highest BCUT2D eigenvalue weighted by Gasteiger charge is 2.12. The summed E-state index contributed by atoms with van der Waals surface area (Å²) < 4.78 is 6.95. The topological polar surface area (TPSA) is 47.4 Å². The number of aromatic nitrogens is 2. The van der Waals surface area contributed by atoms with Crippen LogP contribution in [0.1, 0.15) is 38.1 Å². The molecule has 20 heavy (non-hydrogen) atoms. The normalized spacial score (nSPS) is 11.8. The molecule has 0 amide bonds. The molecule has 1 aromatic rings. The maximum atomic E-state index is 11.8. The molecular weight excluding hydrogens is 254 g/mol. The summed E-state index contributed by atoms with van der Waals surface area (Å²) in [5.74, 6) is 5.60. The molecule has 110 valence electrons. The van der Waals surface area contributed by atoms with Crippen LogP contribution in [0.5, 0.6) is 0 Å². The van der Waals surface area contributed by atoms with E-state index in [9.17, 15) is 4.79 Å². The molecule has 1 atom stereocenters. The summed E-state index contributed by atoms with van der Waals surface area (Å²) in [7, 11) is 0. The molecule has 0 N–H and O–H groups in total. The molecule has 1 rings (SSSR count). The van der Waals surface area contributed by atoms with Gasteiger partial charge >= 0.3 is 5.97 Å². The summed E-state index contributed by atoms with van der Waals surface area (Å²) in [5, 5.41) is 4.04. The fourth-order valence-corrected chi connectivity index (χ4v) is 1.65. The Bertz CT molecular complexity index is 481. The van der Waals surface area contributed by atoms with E-state index in [2.05, 4.69) is 35.7 Å². The zero-order valence-electron chi connectivity index (χ0n) is 12.7. The van der Waals surface area contributed by atoms with Gasteiger partial charge in [-0.25, -0.2) is 4.79 Å². The second kappa shape index (κ2) is 8.39. The fraction of sp³-hybridized carbons (Fsp3) is 0.600. The van der Waals surface area contributed by atoms with Crippen molar-refractivity contribution < 1.29 is 9.53 Å². The number of hydrogen-bond acceptors (Lipinski definition) is 4. The Morgan fingerprint density at radius 3 is 2.70 bits per heavy atom. The van der Waals surface area contributed by atoms with Crippen molar-refractivity contribution in [3.8, 4) is 11.8 Å². The van der Waals surface area contributed by atoms with Crippen molar-refractivity contribution in [2.24, 2.45) is 0 Å². The van der Waals surface area contributed by atoms with Gasteiger partial charge in [0.2, 0.25) is 0 Å². The average molecular weight is 277 g/mol. The Morgan fingerprint density at radius 1 is 1.45 bits per heavy atom. The third kappa shape index (κ3) is 5.06. The number of carbonyl (C=O) groups excluding carboxylic acids is 1. The third-order valence-corrected chi connectivity index (χ3v) is 2.98. The first-order valence-corrected chi connectivity index (χ1v) is 7.04. The van der Waals surface area contributed by atoms with E-state index in [0.717, 1.165) is 19.6 Å². The minimum absolute atomic E-state index is 0.380. The second-order valence-electron chi connectivity index (χ2n) is 4.41. The maximum Gasteiger partial charge on any atom is 0.342 e. The zero-order chi connectivity index (χ0) is 15.0. The quantitative estimate of drug-likeness (QED) is 0.587. The van der Waals surface area contributed by atoms with E-state index in [1.54, 1.807) is 17.8 Å². The molecule has 5 nitrogen and oxygen atoms in total. The van der Waals surface area contributed by atoms with Crippen molar-refractivity contribution in [1.82, 2.24) is 14.7 Å². The Kier molecular flexibility index (Phi) is 6.82. The average Bonchev–Trinajstić information content (AvgIpc) is 2.92. The Morgan fingerprint density at radius 2 is 2.15 bits per heavy atom.